The summed E-state index contributed by atoms with van der Waals surface area (Å²) in [7, 11) is -2.04. The number of fused-ring (bicyclic) bond motifs is 1. The van der Waals surface area contributed by atoms with Crippen molar-refractivity contribution in [3.63, 3.8) is 0 Å². The maximum absolute atomic E-state index is 14.8. The Morgan fingerprint density at radius 1 is 0.939 bits per heavy atom. The highest BCUT2D eigenvalue weighted by Gasteiger charge is 2.42. The van der Waals surface area contributed by atoms with Gasteiger partial charge in [-0.1, -0.05) is 53.7 Å². The SMILES string of the molecule is CC(C)[Si](C#CCC(c1cc(F)ccc1F)N1Cc2cccc(F)c2C1=O)(C(C)C)C(C)C. The predicted octanol–water partition coefficient (Wildman–Crippen LogP) is 7.41. The van der Waals surface area contributed by atoms with Crippen molar-refractivity contribution in [1.29, 1.82) is 0 Å². The van der Waals surface area contributed by atoms with Gasteiger partial charge >= 0.3 is 0 Å². The quantitative estimate of drug-likeness (QED) is 0.317. The Balaban J connectivity index is 2.06. The van der Waals surface area contributed by atoms with E-state index in [1.807, 2.05) is 0 Å². The van der Waals surface area contributed by atoms with Crippen LogP contribution in [-0.2, 0) is 6.54 Å². The average Bonchev–Trinajstić information content (AvgIpc) is 3.07. The lowest BCUT2D eigenvalue weighted by Gasteiger charge is -2.38. The maximum atomic E-state index is 14.8. The number of rotatable bonds is 6. The maximum Gasteiger partial charge on any atom is 0.258 e. The highest BCUT2D eigenvalue weighted by Crippen LogP contribution is 2.41. The van der Waals surface area contributed by atoms with Crippen molar-refractivity contribution in [3.8, 4) is 11.5 Å². The Labute approximate surface area is 196 Å². The number of nitrogens with zero attached hydrogens (tertiary/aromatic N) is 1. The van der Waals surface area contributed by atoms with Gasteiger partial charge in [0.05, 0.1) is 11.6 Å². The van der Waals surface area contributed by atoms with Crippen LogP contribution in [0.2, 0.25) is 16.6 Å². The zero-order valence-corrected chi connectivity index (χ0v) is 21.2. The fourth-order valence-electron chi connectivity index (χ4n) is 5.48. The van der Waals surface area contributed by atoms with Crippen LogP contribution in [0, 0.1) is 28.9 Å². The smallest absolute Gasteiger partial charge is 0.258 e. The third-order valence-corrected chi connectivity index (χ3v) is 13.4. The normalized spacial score (nSPS) is 14.7. The van der Waals surface area contributed by atoms with Crippen molar-refractivity contribution in [3.05, 3.63) is 70.5 Å². The van der Waals surface area contributed by atoms with E-state index in [-0.39, 0.29) is 24.1 Å². The first-order valence-electron chi connectivity index (χ1n) is 11.5. The van der Waals surface area contributed by atoms with Gasteiger partial charge in [0.2, 0.25) is 0 Å². The van der Waals surface area contributed by atoms with Crippen LogP contribution in [-0.4, -0.2) is 18.9 Å². The Hall–Kier alpha value is -2.52. The Morgan fingerprint density at radius 2 is 1.58 bits per heavy atom. The van der Waals surface area contributed by atoms with Crippen LogP contribution in [0.1, 0.15) is 75.5 Å². The largest absolute Gasteiger partial charge is 0.326 e. The molecule has 0 fully saturated rings. The monoisotopic (exact) mass is 471 g/mol. The summed E-state index contributed by atoms with van der Waals surface area (Å²) in [6, 6.07) is 6.90. The van der Waals surface area contributed by atoms with Crippen LogP contribution < -0.4 is 0 Å². The van der Waals surface area contributed by atoms with E-state index in [0.29, 0.717) is 22.2 Å². The summed E-state index contributed by atoms with van der Waals surface area (Å²) in [6.07, 6.45) is 0.155. The van der Waals surface area contributed by atoms with Gasteiger partial charge in [0.25, 0.3) is 5.91 Å². The molecule has 176 valence electrons. The Kier molecular flexibility index (Phi) is 7.43. The predicted molar refractivity (Wildman–Crippen MR) is 129 cm³/mol. The van der Waals surface area contributed by atoms with E-state index in [0.717, 1.165) is 18.2 Å². The molecule has 2 aromatic rings. The highest BCUT2D eigenvalue weighted by atomic mass is 28.3. The molecule has 2 nitrogen and oxygen atoms in total. The van der Waals surface area contributed by atoms with Crippen LogP contribution in [0.25, 0.3) is 0 Å². The lowest BCUT2D eigenvalue weighted by atomic mass is 10.0. The minimum atomic E-state index is -2.04. The molecular weight excluding hydrogens is 439 g/mol. The van der Waals surface area contributed by atoms with E-state index in [1.165, 1.54) is 11.0 Å². The first-order valence-corrected chi connectivity index (χ1v) is 13.8. The van der Waals surface area contributed by atoms with Crippen molar-refractivity contribution >= 4 is 14.0 Å². The summed E-state index contributed by atoms with van der Waals surface area (Å²) in [6.45, 7) is 13.3. The summed E-state index contributed by atoms with van der Waals surface area (Å²) < 4.78 is 43.3. The van der Waals surface area contributed by atoms with E-state index in [1.54, 1.807) is 12.1 Å². The zero-order valence-electron chi connectivity index (χ0n) is 20.2. The summed E-state index contributed by atoms with van der Waals surface area (Å²) >= 11 is 0. The number of carbonyl (C=O) groups is 1. The van der Waals surface area contributed by atoms with E-state index in [9.17, 15) is 18.0 Å². The number of amides is 1. The third kappa shape index (κ3) is 4.61. The van der Waals surface area contributed by atoms with Crippen molar-refractivity contribution in [2.24, 2.45) is 0 Å². The van der Waals surface area contributed by atoms with Crippen LogP contribution >= 0.6 is 0 Å². The summed E-state index contributed by atoms with van der Waals surface area (Å²) in [5.74, 6) is 0.981. The molecule has 33 heavy (non-hydrogen) atoms. The molecule has 0 aromatic heterocycles. The molecule has 0 saturated heterocycles. The number of halogens is 3. The first-order chi connectivity index (χ1) is 15.5. The molecule has 6 heteroatoms. The van der Waals surface area contributed by atoms with Crippen molar-refractivity contribution in [2.75, 3.05) is 0 Å². The van der Waals surface area contributed by atoms with Crippen molar-refractivity contribution in [2.45, 2.75) is 77.2 Å². The summed E-state index contributed by atoms with van der Waals surface area (Å²) in [5.41, 5.74) is 5.47. The second-order valence-corrected chi connectivity index (χ2v) is 15.4. The van der Waals surface area contributed by atoms with Crippen LogP contribution in [0.4, 0.5) is 13.2 Å². The molecule has 0 spiro atoms. The van der Waals surface area contributed by atoms with Crippen molar-refractivity contribution in [1.82, 2.24) is 4.90 Å². The molecule has 1 aliphatic rings. The second-order valence-electron chi connectivity index (χ2n) is 9.79. The molecule has 1 heterocycles. The van der Waals surface area contributed by atoms with Gasteiger partial charge in [-0.3, -0.25) is 4.79 Å². The topological polar surface area (TPSA) is 20.3 Å². The molecule has 1 unspecified atom stereocenters. The fourth-order valence-corrected chi connectivity index (χ4v) is 10.8. The van der Waals surface area contributed by atoms with Gasteiger partial charge in [-0.25, -0.2) is 13.2 Å². The first kappa shape index (κ1) is 25.1. The third-order valence-electron chi connectivity index (χ3n) is 7.07. The number of hydrogen-bond donors (Lipinski definition) is 0. The van der Waals surface area contributed by atoms with Gasteiger partial charge in [0.1, 0.15) is 25.5 Å². The molecule has 0 saturated carbocycles. The van der Waals surface area contributed by atoms with Gasteiger partial charge in [-0.15, -0.1) is 11.5 Å². The van der Waals surface area contributed by atoms with E-state index >= 15 is 0 Å². The molecular formula is C27H32F3NOSi. The standard InChI is InChI=1S/C27H32F3NOSi/c1-17(2)33(18(3)4,19(5)6)14-8-11-25(22-15-21(28)12-13-23(22)29)31-16-20-9-7-10-24(30)26(20)27(31)32/h7,9-10,12-13,15,17-19,25H,11,16H2,1-6H3. The Morgan fingerprint density at radius 3 is 2.15 bits per heavy atom. The van der Waals surface area contributed by atoms with Gasteiger partial charge in [-0.2, -0.15) is 0 Å². The number of hydrogen-bond acceptors (Lipinski definition) is 1. The van der Waals surface area contributed by atoms with Crippen LogP contribution in [0.5, 0.6) is 0 Å². The van der Waals surface area contributed by atoms with Gasteiger partial charge in [-0.05, 0) is 46.5 Å². The highest BCUT2D eigenvalue weighted by molar-refractivity contribution is 6.90. The van der Waals surface area contributed by atoms with Gasteiger partial charge in [0, 0.05) is 18.5 Å². The van der Waals surface area contributed by atoms with Gasteiger partial charge in [0.15, 0.2) is 0 Å². The summed E-state index contributed by atoms with van der Waals surface area (Å²) in [4.78, 5) is 14.6. The lowest BCUT2D eigenvalue weighted by molar-refractivity contribution is 0.0697. The molecule has 0 bridgehead atoms. The molecule has 0 aliphatic carbocycles. The average molecular weight is 472 g/mol. The molecule has 0 N–H and O–H groups in total. The molecule has 2 aromatic carbocycles. The molecule has 0 radical (unpaired) electrons. The molecule has 1 atom stereocenters. The fraction of sp³-hybridized carbons (Fsp3) is 0.444. The Bertz CT molecular complexity index is 1080. The second kappa shape index (κ2) is 9.76. The lowest BCUT2D eigenvalue weighted by Crippen LogP contribution is -2.43. The van der Waals surface area contributed by atoms with E-state index in [4.69, 9.17) is 0 Å². The van der Waals surface area contributed by atoms with Crippen LogP contribution in [0.3, 0.4) is 0 Å². The van der Waals surface area contributed by atoms with Gasteiger partial charge < -0.3 is 4.90 Å². The van der Waals surface area contributed by atoms with Crippen molar-refractivity contribution < 1.29 is 18.0 Å². The van der Waals surface area contributed by atoms with E-state index in [2.05, 4.69) is 53.0 Å². The molecule has 3 rings (SSSR count). The number of benzene rings is 2. The van der Waals surface area contributed by atoms with E-state index < -0.39 is 37.5 Å². The molecule has 1 aliphatic heterocycles. The number of carbonyl (C=O) groups excluding carboxylic acids is 1. The van der Waals surface area contributed by atoms with Crippen LogP contribution in [0.15, 0.2) is 36.4 Å². The summed E-state index contributed by atoms with van der Waals surface area (Å²) in [5, 5.41) is 0. The minimum absolute atomic E-state index is 0.00235. The molecule has 1 amide bonds. The minimum Gasteiger partial charge on any atom is -0.326 e. The zero-order chi connectivity index (χ0) is 24.5.